The standard InChI is InChI=1S/C21H20ClN3O/c1-15-12-18(16(2)25(15)20-10-8-19(22)9-11-20)14-23-24-21(26)13-17-6-4-3-5-7-17/h3-12,14H,13H2,1-2H3,(H,24,26)/b23-14-. The van der Waals surface area contributed by atoms with Crippen LogP contribution in [0.1, 0.15) is 22.5 Å². The summed E-state index contributed by atoms with van der Waals surface area (Å²) in [5.41, 5.74) is 7.67. The number of nitrogens with one attached hydrogen (secondary N) is 1. The molecule has 0 bridgehead atoms. The van der Waals surface area contributed by atoms with Crippen LogP contribution in [0.4, 0.5) is 0 Å². The van der Waals surface area contributed by atoms with Crippen LogP contribution in [0.25, 0.3) is 5.69 Å². The largest absolute Gasteiger partial charge is 0.318 e. The molecule has 3 rings (SSSR count). The molecule has 0 atom stereocenters. The molecule has 0 fully saturated rings. The Kier molecular flexibility index (Phi) is 5.54. The zero-order chi connectivity index (χ0) is 18.5. The van der Waals surface area contributed by atoms with Gasteiger partial charge in [0.15, 0.2) is 0 Å². The van der Waals surface area contributed by atoms with Crippen molar-refractivity contribution in [1.82, 2.24) is 9.99 Å². The maximum absolute atomic E-state index is 12.0. The van der Waals surface area contributed by atoms with Gasteiger partial charge in [0.2, 0.25) is 5.91 Å². The molecule has 1 amide bonds. The lowest BCUT2D eigenvalue weighted by molar-refractivity contribution is -0.120. The van der Waals surface area contributed by atoms with E-state index in [-0.39, 0.29) is 5.91 Å². The quantitative estimate of drug-likeness (QED) is 0.527. The summed E-state index contributed by atoms with van der Waals surface area (Å²) in [6, 6.07) is 19.3. The summed E-state index contributed by atoms with van der Waals surface area (Å²) in [5.74, 6) is -0.140. The van der Waals surface area contributed by atoms with E-state index in [0.29, 0.717) is 11.4 Å². The third kappa shape index (κ3) is 4.21. The Morgan fingerprint density at radius 3 is 2.50 bits per heavy atom. The van der Waals surface area contributed by atoms with Crippen molar-refractivity contribution in [2.75, 3.05) is 0 Å². The molecule has 26 heavy (non-hydrogen) atoms. The van der Waals surface area contributed by atoms with Gasteiger partial charge in [0.25, 0.3) is 0 Å². The second kappa shape index (κ2) is 8.02. The first-order valence-electron chi connectivity index (χ1n) is 8.35. The summed E-state index contributed by atoms with van der Waals surface area (Å²) in [7, 11) is 0. The van der Waals surface area contributed by atoms with E-state index < -0.39 is 0 Å². The van der Waals surface area contributed by atoms with Crippen molar-refractivity contribution in [3.63, 3.8) is 0 Å². The number of hydrogen-bond acceptors (Lipinski definition) is 2. The predicted octanol–water partition coefficient (Wildman–Crippen LogP) is 4.44. The molecule has 132 valence electrons. The summed E-state index contributed by atoms with van der Waals surface area (Å²) in [4.78, 5) is 12.0. The lowest BCUT2D eigenvalue weighted by Crippen LogP contribution is -2.19. The van der Waals surface area contributed by atoms with E-state index in [1.807, 2.05) is 74.5 Å². The monoisotopic (exact) mass is 365 g/mol. The van der Waals surface area contributed by atoms with Crippen LogP contribution in [0.5, 0.6) is 0 Å². The van der Waals surface area contributed by atoms with Gasteiger partial charge in [-0.1, -0.05) is 41.9 Å². The average Bonchev–Trinajstić information content (AvgIpc) is 2.90. The minimum Gasteiger partial charge on any atom is -0.318 e. The number of aryl methyl sites for hydroxylation is 1. The van der Waals surface area contributed by atoms with Crippen molar-refractivity contribution >= 4 is 23.7 Å². The molecule has 3 aromatic rings. The Balaban J connectivity index is 1.70. The predicted molar refractivity (Wildman–Crippen MR) is 106 cm³/mol. The minimum atomic E-state index is -0.140. The molecule has 1 N–H and O–H groups in total. The SMILES string of the molecule is Cc1cc(/C=N\NC(=O)Cc2ccccc2)c(C)n1-c1ccc(Cl)cc1. The Bertz CT molecular complexity index is 928. The fourth-order valence-corrected chi connectivity index (χ4v) is 3.03. The van der Waals surface area contributed by atoms with Crippen molar-refractivity contribution < 1.29 is 4.79 Å². The summed E-state index contributed by atoms with van der Waals surface area (Å²) in [6.45, 7) is 4.06. The number of benzene rings is 2. The number of nitrogens with zero attached hydrogens (tertiary/aromatic N) is 2. The highest BCUT2D eigenvalue weighted by atomic mass is 35.5. The van der Waals surface area contributed by atoms with Gasteiger partial charge in [-0.05, 0) is 49.7 Å². The Labute approximate surface area is 158 Å². The molecule has 0 saturated heterocycles. The second-order valence-corrected chi connectivity index (χ2v) is 6.53. The average molecular weight is 366 g/mol. The highest BCUT2D eigenvalue weighted by Crippen LogP contribution is 2.21. The smallest absolute Gasteiger partial charge is 0.244 e. The second-order valence-electron chi connectivity index (χ2n) is 6.09. The lowest BCUT2D eigenvalue weighted by atomic mass is 10.1. The van der Waals surface area contributed by atoms with Crippen LogP contribution in [0, 0.1) is 13.8 Å². The number of hydrogen-bond donors (Lipinski definition) is 1. The topological polar surface area (TPSA) is 46.4 Å². The molecule has 1 aromatic heterocycles. The van der Waals surface area contributed by atoms with Gasteiger partial charge in [-0.3, -0.25) is 4.79 Å². The molecule has 2 aromatic carbocycles. The van der Waals surface area contributed by atoms with Crippen molar-refractivity contribution in [2.24, 2.45) is 5.10 Å². The van der Waals surface area contributed by atoms with Gasteiger partial charge in [-0.15, -0.1) is 0 Å². The van der Waals surface area contributed by atoms with Crippen LogP contribution in [-0.4, -0.2) is 16.7 Å². The molecule has 0 aliphatic rings. The van der Waals surface area contributed by atoms with E-state index in [2.05, 4.69) is 15.1 Å². The first kappa shape index (κ1) is 18.0. The maximum atomic E-state index is 12.0. The molecule has 0 radical (unpaired) electrons. The van der Waals surface area contributed by atoms with E-state index in [9.17, 15) is 4.79 Å². The number of rotatable bonds is 5. The molecule has 0 spiro atoms. The third-order valence-electron chi connectivity index (χ3n) is 4.16. The number of halogens is 1. The molecule has 4 nitrogen and oxygen atoms in total. The molecule has 0 unspecified atom stereocenters. The molecule has 0 aliphatic carbocycles. The summed E-state index contributed by atoms with van der Waals surface area (Å²) >= 11 is 5.97. The number of aromatic nitrogens is 1. The molecule has 0 saturated carbocycles. The molecule has 1 heterocycles. The van der Waals surface area contributed by atoms with Crippen molar-refractivity contribution in [1.29, 1.82) is 0 Å². The van der Waals surface area contributed by atoms with Crippen LogP contribution >= 0.6 is 11.6 Å². The van der Waals surface area contributed by atoms with E-state index >= 15 is 0 Å². The van der Waals surface area contributed by atoms with Crippen molar-refractivity contribution in [2.45, 2.75) is 20.3 Å². The first-order chi connectivity index (χ1) is 12.5. The van der Waals surface area contributed by atoms with Crippen LogP contribution in [0.15, 0.2) is 65.8 Å². The molecule has 0 aliphatic heterocycles. The van der Waals surface area contributed by atoms with Crippen LogP contribution < -0.4 is 5.43 Å². The van der Waals surface area contributed by atoms with Gasteiger partial charge in [-0.2, -0.15) is 5.10 Å². The molecular formula is C21H20ClN3O. The number of amides is 1. The molecule has 5 heteroatoms. The summed E-state index contributed by atoms with van der Waals surface area (Å²) in [5, 5.41) is 4.81. The third-order valence-corrected chi connectivity index (χ3v) is 4.41. The summed E-state index contributed by atoms with van der Waals surface area (Å²) < 4.78 is 2.13. The van der Waals surface area contributed by atoms with Crippen LogP contribution in [-0.2, 0) is 11.2 Å². The Morgan fingerprint density at radius 1 is 1.12 bits per heavy atom. The van der Waals surface area contributed by atoms with Gasteiger partial charge in [-0.25, -0.2) is 5.43 Å². The minimum absolute atomic E-state index is 0.140. The fourth-order valence-electron chi connectivity index (χ4n) is 2.90. The fraction of sp³-hybridized carbons (Fsp3) is 0.143. The number of hydrazone groups is 1. The highest BCUT2D eigenvalue weighted by molar-refractivity contribution is 6.30. The normalized spacial score (nSPS) is 11.0. The van der Waals surface area contributed by atoms with Gasteiger partial charge < -0.3 is 4.57 Å². The van der Waals surface area contributed by atoms with Crippen molar-refractivity contribution in [3.8, 4) is 5.69 Å². The van der Waals surface area contributed by atoms with E-state index in [0.717, 1.165) is 28.2 Å². The Morgan fingerprint density at radius 2 is 1.81 bits per heavy atom. The number of carbonyl (C=O) groups excluding carboxylic acids is 1. The van der Waals surface area contributed by atoms with Crippen LogP contribution in [0.3, 0.4) is 0 Å². The van der Waals surface area contributed by atoms with Crippen molar-refractivity contribution in [3.05, 3.63) is 88.2 Å². The molecular weight excluding hydrogens is 346 g/mol. The zero-order valence-electron chi connectivity index (χ0n) is 14.7. The van der Waals surface area contributed by atoms with Gasteiger partial charge >= 0.3 is 0 Å². The van der Waals surface area contributed by atoms with Gasteiger partial charge in [0, 0.05) is 27.7 Å². The zero-order valence-corrected chi connectivity index (χ0v) is 15.5. The summed E-state index contributed by atoms with van der Waals surface area (Å²) in [6.07, 6.45) is 1.99. The van der Waals surface area contributed by atoms with E-state index in [4.69, 9.17) is 11.6 Å². The highest BCUT2D eigenvalue weighted by Gasteiger charge is 2.09. The first-order valence-corrected chi connectivity index (χ1v) is 8.73. The van der Waals surface area contributed by atoms with Gasteiger partial charge in [0.05, 0.1) is 12.6 Å². The van der Waals surface area contributed by atoms with E-state index in [1.165, 1.54) is 0 Å². The number of carbonyl (C=O) groups is 1. The lowest BCUT2D eigenvalue weighted by Gasteiger charge is -2.09. The van der Waals surface area contributed by atoms with E-state index in [1.54, 1.807) is 6.21 Å². The van der Waals surface area contributed by atoms with Gasteiger partial charge in [0.1, 0.15) is 0 Å². The van der Waals surface area contributed by atoms with Crippen LogP contribution in [0.2, 0.25) is 5.02 Å². The Hall–Kier alpha value is -2.85. The maximum Gasteiger partial charge on any atom is 0.244 e.